The second-order valence-corrected chi connectivity index (χ2v) is 4.37. The van der Waals surface area contributed by atoms with Crippen LogP contribution in [0.4, 0.5) is 0 Å². The highest BCUT2D eigenvalue weighted by Crippen LogP contribution is 2.16. The van der Waals surface area contributed by atoms with Crippen LogP contribution < -0.4 is 0 Å². The first kappa shape index (κ1) is 13.1. The van der Waals surface area contributed by atoms with Crippen LogP contribution >= 0.6 is 11.8 Å². The molecule has 0 aromatic rings. The van der Waals surface area contributed by atoms with Crippen LogP contribution in [0.15, 0.2) is 12.2 Å². The van der Waals surface area contributed by atoms with Gasteiger partial charge >= 0.3 is 0 Å². The first-order valence-electron chi connectivity index (χ1n) is 5.04. The van der Waals surface area contributed by atoms with E-state index in [1.165, 1.54) is 17.7 Å². The van der Waals surface area contributed by atoms with Crippen molar-refractivity contribution in [2.24, 2.45) is 0 Å². The fraction of sp³-hybridized carbons (Fsp3) is 0.818. The lowest BCUT2D eigenvalue weighted by Gasteiger charge is -2.28. The van der Waals surface area contributed by atoms with E-state index in [9.17, 15) is 0 Å². The van der Waals surface area contributed by atoms with Gasteiger partial charge in [-0.15, -0.1) is 0 Å². The molecule has 0 saturated carbocycles. The Labute approximate surface area is 87.6 Å². The van der Waals surface area contributed by atoms with Gasteiger partial charge in [-0.05, 0) is 38.4 Å². The number of thioether (sulfide) groups is 1. The van der Waals surface area contributed by atoms with Crippen LogP contribution in [0.2, 0.25) is 0 Å². The van der Waals surface area contributed by atoms with E-state index >= 15 is 0 Å². The highest BCUT2D eigenvalue weighted by molar-refractivity contribution is 7.98. The minimum Gasteiger partial charge on any atom is -0.300 e. The molecule has 0 fully saturated rings. The molecule has 0 aliphatic heterocycles. The lowest BCUT2D eigenvalue weighted by atomic mass is 10.0. The number of likely N-dealkylation sites (N-methyl/N-ethyl adjacent to an activating group) is 1. The average molecular weight is 201 g/mol. The molecule has 0 aromatic heterocycles. The first-order chi connectivity index (χ1) is 6.17. The van der Waals surface area contributed by atoms with Gasteiger partial charge in [0.2, 0.25) is 0 Å². The molecule has 2 heteroatoms. The maximum atomic E-state index is 4.14. The van der Waals surface area contributed by atoms with Gasteiger partial charge < -0.3 is 0 Å². The molecular formula is C11H23NS. The Morgan fingerprint density at radius 3 is 2.46 bits per heavy atom. The van der Waals surface area contributed by atoms with Gasteiger partial charge in [-0.3, -0.25) is 4.90 Å². The Kier molecular flexibility index (Phi) is 7.48. The minimum atomic E-state index is 0.586. The molecule has 0 aliphatic carbocycles. The molecule has 0 heterocycles. The molecule has 0 unspecified atom stereocenters. The fourth-order valence-electron chi connectivity index (χ4n) is 1.42. The van der Waals surface area contributed by atoms with Gasteiger partial charge in [0, 0.05) is 6.04 Å². The molecule has 0 spiro atoms. The van der Waals surface area contributed by atoms with Gasteiger partial charge in [0.05, 0.1) is 0 Å². The van der Waals surface area contributed by atoms with Gasteiger partial charge in [-0.1, -0.05) is 26.0 Å². The van der Waals surface area contributed by atoms with E-state index in [1.54, 1.807) is 0 Å². The van der Waals surface area contributed by atoms with E-state index in [0.29, 0.717) is 6.04 Å². The predicted molar refractivity (Wildman–Crippen MR) is 64.5 cm³/mol. The Balaban J connectivity index is 4.09. The average Bonchev–Trinajstić information content (AvgIpc) is 2.17. The summed E-state index contributed by atoms with van der Waals surface area (Å²) in [5, 5.41) is 0. The summed E-state index contributed by atoms with van der Waals surface area (Å²) in [5.41, 5.74) is 1.37. The molecule has 0 saturated heterocycles. The van der Waals surface area contributed by atoms with Crippen molar-refractivity contribution in [2.75, 3.05) is 25.6 Å². The van der Waals surface area contributed by atoms with E-state index in [0.717, 1.165) is 13.0 Å². The monoisotopic (exact) mass is 201 g/mol. The second-order valence-electron chi connectivity index (χ2n) is 3.38. The largest absolute Gasteiger partial charge is 0.300 e. The van der Waals surface area contributed by atoms with Crippen molar-refractivity contribution in [3.63, 3.8) is 0 Å². The quantitative estimate of drug-likeness (QED) is 0.583. The summed E-state index contributed by atoms with van der Waals surface area (Å²) in [5.74, 6) is 1.23. The molecule has 0 amide bonds. The van der Waals surface area contributed by atoms with Crippen LogP contribution in [-0.4, -0.2) is 36.5 Å². The molecule has 0 aromatic carbocycles. The van der Waals surface area contributed by atoms with E-state index in [2.05, 4.69) is 38.6 Å². The summed E-state index contributed by atoms with van der Waals surface area (Å²) in [6.45, 7) is 9.65. The highest BCUT2D eigenvalue weighted by Gasteiger charge is 2.14. The van der Waals surface area contributed by atoms with Crippen molar-refractivity contribution >= 4 is 11.8 Å². The van der Waals surface area contributed by atoms with E-state index in [4.69, 9.17) is 0 Å². The zero-order valence-corrected chi connectivity index (χ0v) is 10.3. The molecule has 0 N–H and O–H groups in total. The first-order valence-corrected chi connectivity index (χ1v) is 6.43. The Morgan fingerprint density at radius 2 is 2.08 bits per heavy atom. The molecule has 78 valence electrons. The molecule has 1 atom stereocenters. The zero-order chi connectivity index (χ0) is 10.3. The lowest BCUT2D eigenvalue weighted by molar-refractivity contribution is 0.277. The molecule has 0 rings (SSSR count). The van der Waals surface area contributed by atoms with E-state index in [1.807, 2.05) is 11.8 Å². The summed E-state index contributed by atoms with van der Waals surface area (Å²) in [6.07, 6.45) is 4.50. The van der Waals surface area contributed by atoms with Crippen molar-refractivity contribution < 1.29 is 0 Å². The van der Waals surface area contributed by atoms with Gasteiger partial charge in [-0.25, -0.2) is 0 Å². The van der Waals surface area contributed by atoms with Crippen LogP contribution in [0.1, 0.15) is 26.7 Å². The molecule has 0 radical (unpaired) electrons. The summed E-state index contributed by atoms with van der Waals surface area (Å²) in [7, 11) is 2.19. The van der Waals surface area contributed by atoms with Crippen LogP contribution in [0.3, 0.4) is 0 Å². The standard InChI is InChI=1S/C11H23NS/c1-6-10(3)11(8-9-13-5)12(4)7-2/h11H,3,6-9H2,1-2,4-5H3/t11-/m0/s1. The molecule has 13 heavy (non-hydrogen) atoms. The van der Waals surface area contributed by atoms with Crippen molar-refractivity contribution in [2.45, 2.75) is 32.7 Å². The topological polar surface area (TPSA) is 3.24 Å². The Morgan fingerprint density at radius 1 is 1.46 bits per heavy atom. The molecule has 0 bridgehead atoms. The summed E-state index contributed by atoms with van der Waals surface area (Å²) in [6, 6.07) is 0.586. The summed E-state index contributed by atoms with van der Waals surface area (Å²) in [4.78, 5) is 2.39. The SMILES string of the molecule is C=C(CC)[C@H](CCSC)N(C)CC. The van der Waals surface area contributed by atoms with E-state index in [-0.39, 0.29) is 0 Å². The van der Waals surface area contributed by atoms with Gasteiger partial charge in [-0.2, -0.15) is 11.8 Å². The predicted octanol–water partition coefficient (Wildman–Crippen LogP) is 3.03. The fourth-order valence-corrected chi connectivity index (χ4v) is 1.88. The lowest BCUT2D eigenvalue weighted by Crippen LogP contribution is -2.33. The molecule has 0 aliphatic rings. The Bertz CT molecular complexity index is 145. The third-order valence-electron chi connectivity index (χ3n) is 2.55. The maximum absolute atomic E-state index is 4.14. The zero-order valence-electron chi connectivity index (χ0n) is 9.47. The number of hydrogen-bond donors (Lipinski definition) is 0. The van der Waals surface area contributed by atoms with Gasteiger partial charge in [0.1, 0.15) is 0 Å². The summed E-state index contributed by atoms with van der Waals surface area (Å²) >= 11 is 1.92. The van der Waals surface area contributed by atoms with Crippen LogP contribution in [0.5, 0.6) is 0 Å². The van der Waals surface area contributed by atoms with Gasteiger partial charge in [0.25, 0.3) is 0 Å². The van der Waals surface area contributed by atoms with Crippen LogP contribution in [0.25, 0.3) is 0 Å². The third-order valence-corrected chi connectivity index (χ3v) is 3.20. The van der Waals surface area contributed by atoms with Crippen molar-refractivity contribution in [1.82, 2.24) is 4.90 Å². The van der Waals surface area contributed by atoms with E-state index < -0.39 is 0 Å². The van der Waals surface area contributed by atoms with Crippen molar-refractivity contribution in [1.29, 1.82) is 0 Å². The third kappa shape index (κ3) is 4.72. The smallest absolute Gasteiger partial charge is 0.0309 e. The van der Waals surface area contributed by atoms with Gasteiger partial charge in [0.15, 0.2) is 0 Å². The molecule has 1 nitrogen and oxygen atoms in total. The van der Waals surface area contributed by atoms with Crippen LogP contribution in [-0.2, 0) is 0 Å². The van der Waals surface area contributed by atoms with Crippen molar-refractivity contribution in [3.05, 3.63) is 12.2 Å². The minimum absolute atomic E-state index is 0.586. The second kappa shape index (κ2) is 7.45. The molecular weight excluding hydrogens is 178 g/mol. The maximum Gasteiger partial charge on any atom is 0.0309 e. The summed E-state index contributed by atoms with van der Waals surface area (Å²) < 4.78 is 0. The van der Waals surface area contributed by atoms with Crippen LogP contribution in [0, 0.1) is 0 Å². The normalized spacial score (nSPS) is 13.3. The highest BCUT2D eigenvalue weighted by atomic mass is 32.2. The Hall–Kier alpha value is 0.0500. The number of rotatable bonds is 7. The van der Waals surface area contributed by atoms with Crippen molar-refractivity contribution in [3.8, 4) is 0 Å². The number of nitrogens with zero attached hydrogens (tertiary/aromatic N) is 1. The number of hydrogen-bond acceptors (Lipinski definition) is 2.